The number of hydrogen-bond donors (Lipinski definition) is 1. The van der Waals surface area contributed by atoms with E-state index in [0.29, 0.717) is 11.2 Å². The highest BCUT2D eigenvalue weighted by Crippen LogP contribution is 2.37. The Kier molecular flexibility index (Phi) is 4.64. The summed E-state index contributed by atoms with van der Waals surface area (Å²) in [6, 6.07) is 15.2. The van der Waals surface area contributed by atoms with Gasteiger partial charge in [-0.3, -0.25) is 4.57 Å². The van der Waals surface area contributed by atoms with Gasteiger partial charge in [-0.15, -0.1) is 0 Å². The van der Waals surface area contributed by atoms with Gasteiger partial charge in [0, 0.05) is 35.8 Å². The molecule has 1 unspecified atom stereocenters. The van der Waals surface area contributed by atoms with Crippen LogP contribution in [0.5, 0.6) is 0 Å². The van der Waals surface area contributed by atoms with E-state index in [1.54, 1.807) is 18.7 Å². The van der Waals surface area contributed by atoms with E-state index in [1.807, 2.05) is 45.9 Å². The number of H-pyrrole nitrogens is 1. The second-order valence-electron chi connectivity index (χ2n) is 8.13. The van der Waals surface area contributed by atoms with Crippen molar-refractivity contribution >= 4 is 17.0 Å². The summed E-state index contributed by atoms with van der Waals surface area (Å²) >= 11 is 0. The van der Waals surface area contributed by atoms with Crippen molar-refractivity contribution in [3.8, 4) is 17.1 Å². The van der Waals surface area contributed by atoms with Crippen LogP contribution in [0, 0.1) is 11.6 Å². The third-order valence-corrected chi connectivity index (χ3v) is 6.14. The summed E-state index contributed by atoms with van der Waals surface area (Å²) < 4.78 is 30.3. The number of pyridine rings is 1. The van der Waals surface area contributed by atoms with Crippen molar-refractivity contribution in [3.05, 3.63) is 90.5 Å². The molecule has 1 aliphatic heterocycles. The molecule has 1 N–H and O–H groups in total. The lowest BCUT2D eigenvalue weighted by atomic mass is 10.0. The molecule has 0 amide bonds. The molecular formula is C25H20F2N6. The van der Waals surface area contributed by atoms with Gasteiger partial charge in [0.15, 0.2) is 5.65 Å². The van der Waals surface area contributed by atoms with E-state index in [0.717, 1.165) is 53.9 Å². The molecule has 3 aromatic heterocycles. The lowest BCUT2D eigenvalue weighted by molar-refractivity contribution is 0.560. The normalized spacial score (nSPS) is 16.1. The number of nitrogens with one attached hydrogen (secondary N) is 1. The first-order chi connectivity index (χ1) is 16.2. The van der Waals surface area contributed by atoms with Crippen molar-refractivity contribution in [2.45, 2.75) is 18.9 Å². The summed E-state index contributed by atoms with van der Waals surface area (Å²) in [6.45, 7) is 0.723. The first-order valence-corrected chi connectivity index (χ1v) is 10.8. The zero-order valence-electron chi connectivity index (χ0n) is 17.6. The maximum atomic E-state index is 14.5. The van der Waals surface area contributed by atoms with Gasteiger partial charge in [-0.1, -0.05) is 12.1 Å². The van der Waals surface area contributed by atoms with E-state index >= 15 is 0 Å². The predicted molar refractivity (Wildman–Crippen MR) is 122 cm³/mol. The fraction of sp³-hybridized carbons (Fsp3) is 0.160. The standard InChI is InChI=1S/C25H20F2N6/c26-17-6-7-20(27)19(14-17)22-5-2-12-32(22)23-9-8-21-25(31-23)33(15-30-21)18-4-1-3-16(13-18)24-28-10-11-29-24/h1,3-4,6-11,13-15,22H,2,5,12H2,(H,28,29). The zero-order valence-corrected chi connectivity index (χ0v) is 17.6. The second-order valence-corrected chi connectivity index (χ2v) is 8.13. The lowest BCUT2D eigenvalue weighted by Crippen LogP contribution is -2.24. The van der Waals surface area contributed by atoms with E-state index in [2.05, 4.69) is 15.0 Å². The number of rotatable bonds is 4. The SMILES string of the molecule is Fc1ccc(F)c(C2CCCN2c2ccc3ncn(-c4cccc(-c5ncc[nH]5)c4)c3n2)c1. The van der Waals surface area contributed by atoms with Gasteiger partial charge in [0.2, 0.25) is 0 Å². The molecule has 1 atom stereocenters. The molecule has 1 saturated heterocycles. The lowest BCUT2D eigenvalue weighted by Gasteiger charge is -2.26. The second kappa shape index (κ2) is 7.81. The van der Waals surface area contributed by atoms with Crippen LogP contribution in [-0.4, -0.2) is 31.0 Å². The predicted octanol–water partition coefficient (Wildman–Crippen LogP) is 5.43. The Morgan fingerprint density at radius 2 is 1.94 bits per heavy atom. The highest BCUT2D eigenvalue weighted by Gasteiger charge is 2.30. The molecule has 33 heavy (non-hydrogen) atoms. The number of benzene rings is 2. The smallest absolute Gasteiger partial charge is 0.166 e. The summed E-state index contributed by atoms with van der Waals surface area (Å²) in [5.41, 5.74) is 3.69. The van der Waals surface area contributed by atoms with Gasteiger partial charge in [0.05, 0.1) is 6.04 Å². The molecule has 6 nitrogen and oxygen atoms in total. The van der Waals surface area contributed by atoms with Gasteiger partial charge >= 0.3 is 0 Å². The Hall–Kier alpha value is -4.07. The van der Waals surface area contributed by atoms with Crippen molar-refractivity contribution in [2.75, 3.05) is 11.4 Å². The molecule has 8 heteroatoms. The van der Waals surface area contributed by atoms with Crippen LogP contribution in [0.2, 0.25) is 0 Å². The van der Waals surface area contributed by atoms with E-state index in [-0.39, 0.29) is 6.04 Å². The van der Waals surface area contributed by atoms with Gasteiger partial charge in [-0.05, 0) is 55.3 Å². The summed E-state index contributed by atoms with van der Waals surface area (Å²) in [7, 11) is 0. The average molecular weight is 442 g/mol. The van der Waals surface area contributed by atoms with Crippen LogP contribution in [0.3, 0.4) is 0 Å². The minimum atomic E-state index is -0.434. The minimum Gasteiger partial charge on any atom is -0.349 e. The van der Waals surface area contributed by atoms with E-state index in [4.69, 9.17) is 4.98 Å². The zero-order chi connectivity index (χ0) is 22.4. The van der Waals surface area contributed by atoms with Crippen molar-refractivity contribution < 1.29 is 8.78 Å². The maximum absolute atomic E-state index is 14.5. The molecule has 4 heterocycles. The van der Waals surface area contributed by atoms with Crippen molar-refractivity contribution in [3.63, 3.8) is 0 Å². The van der Waals surface area contributed by atoms with Crippen LogP contribution >= 0.6 is 0 Å². The fourth-order valence-corrected chi connectivity index (χ4v) is 4.59. The van der Waals surface area contributed by atoms with Crippen LogP contribution in [0.25, 0.3) is 28.2 Å². The molecule has 5 aromatic rings. The monoisotopic (exact) mass is 442 g/mol. The van der Waals surface area contributed by atoms with Crippen LogP contribution in [0.15, 0.2) is 73.3 Å². The highest BCUT2D eigenvalue weighted by molar-refractivity contribution is 5.76. The fourth-order valence-electron chi connectivity index (χ4n) is 4.59. The van der Waals surface area contributed by atoms with Gasteiger partial charge in [0.1, 0.15) is 35.1 Å². The maximum Gasteiger partial charge on any atom is 0.166 e. The van der Waals surface area contributed by atoms with Crippen LogP contribution in [-0.2, 0) is 0 Å². The molecule has 0 spiro atoms. The van der Waals surface area contributed by atoms with Crippen LogP contribution in [0.4, 0.5) is 14.6 Å². The van der Waals surface area contributed by atoms with Gasteiger partial charge < -0.3 is 9.88 Å². The molecule has 6 rings (SSSR count). The van der Waals surface area contributed by atoms with Gasteiger partial charge in [0.25, 0.3) is 0 Å². The molecule has 1 fully saturated rings. The number of aromatic amines is 1. The third kappa shape index (κ3) is 3.44. The van der Waals surface area contributed by atoms with Gasteiger partial charge in [-0.2, -0.15) is 0 Å². The molecule has 0 radical (unpaired) electrons. The minimum absolute atomic E-state index is 0.260. The van der Waals surface area contributed by atoms with Crippen LogP contribution in [0.1, 0.15) is 24.4 Å². The summed E-state index contributed by atoms with van der Waals surface area (Å²) in [4.78, 5) is 18.9. The van der Waals surface area contributed by atoms with Crippen molar-refractivity contribution in [1.29, 1.82) is 0 Å². The first-order valence-electron chi connectivity index (χ1n) is 10.8. The summed E-state index contributed by atoms with van der Waals surface area (Å²) in [5.74, 6) is 0.676. The van der Waals surface area contributed by atoms with Gasteiger partial charge in [-0.25, -0.2) is 23.7 Å². The third-order valence-electron chi connectivity index (χ3n) is 6.14. The number of fused-ring (bicyclic) bond motifs is 1. The topological polar surface area (TPSA) is 62.6 Å². The van der Waals surface area contributed by atoms with E-state index in [9.17, 15) is 8.78 Å². The Balaban J connectivity index is 1.41. The number of halogens is 2. The largest absolute Gasteiger partial charge is 0.349 e. The Morgan fingerprint density at radius 1 is 1.00 bits per heavy atom. The summed E-state index contributed by atoms with van der Waals surface area (Å²) in [6.07, 6.45) is 6.87. The molecule has 0 saturated carbocycles. The van der Waals surface area contributed by atoms with Crippen LogP contribution < -0.4 is 4.90 Å². The quantitative estimate of drug-likeness (QED) is 0.403. The van der Waals surface area contributed by atoms with Crippen molar-refractivity contribution in [1.82, 2.24) is 24.5 Å². The number of hydrogen-bond acceptors (Lipinski definition) is 4. The molecule has 2 aromatic carbocycles. The van der Waals surface area contributed by atoms with E-state index in [1.165, 1.54) is 12.1 Å². The Labute approximate surface area is 188 Å². The highest BCUT2D eigenvalue weighted by atomic mass is 19.1. The van der Waals surface area contributed by atoms with Crippen molar-refractivity contribution in [2.24, 2.45) is 0 Å². The first kappa shape index (κ1) is 19.6. The number of anilines is 1. The molecular weight excluding hydrogens is 422 g/mol. The number of aromatic nitrogens is 5. The Bertz CT molecular complexity index is 1440. The number of imidazole rings is 2. The number of nitrogens with zero attached hydrogens (tertiary/aromatic N) is 5. The average Bonchev–Trinajstić information content (AvgIpc) is 3.60. The molecule has 164 valence electrons. The molecule has 1 aliphatic rings. The summed E-state index contributed by atoms with van der Waals surface area (Å²) in [5, 5.41) is 0. The molecule has 0 bridgehead atoms. The van der Waals surface area contributed by atoms with E-state index < -0.39 is 11.6 Å². The Morgan fingerprint density at radius 3 is 2.82 bits per heavy atom. The molecule has 0 aliphatic carbocycles.